The van der Waals surface area contributed by atoms with Gasteiger partial charge in [-0.1, -0.05) is 0 Å². The monoisotopic (exact) mass is 197 g/mol. The molecule has 1 aromatic rings. The molecule has 0 spiro atoms. The van der Waals surface area contributed by atoms with Crippen LogP contribution in [0.5, 0.6) is 5.75 Å². The number of aliphatic hydroxyl groups is 1. The fourth-order valence-corrected chi connectivity index (χ4v) is 1.10. The molecule has 0 bridgehead atoms. The Balaban J connectivity index is 3.04. The Labute approximate surface area is 81.1 Å². The Morgan fingerprint density at radius 2 is 2.29 bits per heavy atom. The van der Waals surface area contributed by atoms with E-state index < -0.39 is 4.92 Å². The van der Waals surface area contributed by atoms with Gasteiger partial charge in [-0.2, -0.15) is 0 Å². The fraction of sp³-hybridized carbons (Fsp3) is 0.333. The van der Waals surface area contributed by atoms with Crippen LogP contribution in [0, 0.1) is 10.1 Å². The Kier molecular flexibility index (Phi) is 3.41. The second-order valence-electron chi connectivity index (χ2n) is 2.64. The number of hydrogen-bond acceptors (Lipinski definition) is 4. The topological polar surface area (TPSA) is 72.6 Å². The molecule has 0 aliphatic rings. The molecule has 0 saturated carbocycles. The third kappa shape index (κ3) is 2.20. The average molecular weight is 197 g/mol. The number of nitrogens with zero attached hydrogens (tertiary/aromatic N) is 1. The first kappa shape index (κ1) is 10.5. The first-order valence-corrected chi connectivity index (χ1v) is 4.20. The van der Waals surface area contributed by atoms with Crippen molar-refractivity contribution in [1.82, 2.24) is 0 Å². The molecule has 1 aromatic carbocycles. The number of hydrogen-bond donors (Lipinski definition) is 1. The van der Waals surface area contributed by atoms with Crippen LogP contribution in [0.4, 0.5) is 5.69 Å². The summed E-state index contributed by atoms with van der Waals surface area (Å²) in [6.45, 7) is 2.00. The van der Waals surface area contributed by atoms with Gasteiger partial charge in [-0.15, -0.1) is 0 Å². The van der Waals surface area contributed by atoms with Gasteiger partial charge in [0.25, 0.3) is 5.69 Å². The van der Waals surface area contributed by atoms with Gasteiger partial charge < -0.3 is 9.84 Å². The minimum Gasteiger partial charge on any atom is -0.493 e. The minimum atomic E-state index is -0.505. The van der Waals surface area contributed by atoms with Crippen molar-refractivity contribution in [2.45, 2.75) is 13.5 Å². The van der Waals surface area contributed by atoms with E-state index in [1.165, 1.54) is 18.2 Å². The highest BCUT2D eigenvalue weighted by molar-refractivity contribution is 5.43. The van der Waals surface area contributed by atoms with Crippen molar-refractivity contribution >= 4 is 5.69 Å². The number of non-ortho nitro benzene ring substituents is 1. The van der Waals surface area contributed by atoms with Crippen LogP contribution in [0.25, 0.3) is 0 Å². The van der Waals surface area contributed by atoms with E-state index in [1.54, 1.807) is 0 Å². The average Bonchev–Trinajstić information content (AvgIpc) is 2.18. The quantitative estimate of drug-likeness (QED) is 0.586. The lowest BCUT2D eigenvalue weighted by Crippen LogP contribution is -1.98. The second kappa shape index (κ2) is 4.57. The molecule has 76 valence electrons. The standard InChI is InChI=1S/C9H11NO4/c1-2-14-9-4-3-8(10(12)13)5-7(9)6-11/h3-5,11H,2,6H2,1H3. The van der Waals surface area contributed by atoms with Crippen LogP contribution in [0.2, 0.25) is 0 Å². The van der Waals surface area contributed by atoms with E-state index in [9.17, 15) is 10.1 Å². The van der Waals surface area contributed by atoms with Crippen molar-refractivity contribution in [3.8, 4) is 5.75 Å². The summed E-state index contributed by atoms with van der Waals surface area (Å²) in [5.41, 5.74) is 0.388. The van der Waals surface area contributed by atoms with E-state index in [4.69, 9.17) is 9.84 Å². The van der Waals surface area contributed by atoms with Crippen LogP contribution in [-0.4, -0.2) is 16.6 Å². The molecule has 0 fully saturated rings. The fourth-order valence-electron chi connectivity index (χ4n) is 1.10. The summed E-state index contributed by atoms with van der Waals surface area (Å²) in [5, 5.41) is 19.4. The van der Waals surface area contributed by atoms with Gasteiger partial charge in [-0.05, 0) is 13.0 Å². The Morgan fingerprint density at radius 1 is 1.57 bits per heavy atom. The van der Waals surface area contributed by atoms with Crippen LogP contribution in [0.3, 0.4) is 0 Å². The van der Waals surface area contributed by atoms with Crippen molar-refractivity contribution in [3.05, 3.63) is 33.9 Å². The number of ether oxygens (including phenoxy) is 1. The van der Waals surface area contributed by atoms with Crippen molar-refractivity contribution < 1.29 is 14.8 Å². The van der Waals surface area contributed by atoms with Gasteiger partial charge in [0.1, 0.15) is 5.75 Å². The molecule has 14 heavy (non-hydrogen) atoms. The van der Waals surface area contributed by atoms with Crippen LogP contribution >= 0.6 is 0 Å². The van der Waals surface area contributed by atoms with Crippen molar-refractivity contribution in [2.75, 3.05) is 6.61 Å². The molecular weight excluding hydrogens is 186 g/mol. The molecule has 0 atom stereocenters. The zero-order chi connectivity index (χ0) is 10.6. The predicted octanol–water partition coefficient (Wildman–Crippen LogP) is 1.49. The van der Waals surface area contributed by atoms with E-state index in [0.717, 1.165) is 0 Å². The molecule has 0 amide bonds. The highest BCUT2D eigenvalue weighted by atomic mass is 16.6. The molecule has 5 nitrogen and oxygen atoms in total. The Hall–Kier alpha value is -1.62. The van der Waals surface area contributed by atoms with Gasteiger partial charge in [0.2, 0.25) is 0 Å². The normalized spacial score (nSPS) is 9.86. The maximum absolute atomic E-state index is 10.4. The molecule has 5 heteroatoms. The molecule has 0 unspecified atom stereocenters. The zero-order valence-electron chi connectivity index (χ0n) is 7.77. The van der Waals surface area contributed by atoms with Crippen molar-refractivity contribution in [3.63, 3.8) is 0 Å². The van der Waals surface area contributed by atoms with E-state index in [2.05, 4.69) is 0 Å². The van der Waals surface area contributed by atoms with Crippen LogP contribution in [0.15, 0.2) is 18.2 Å². The van der Waals surface area contributed by atoms with Gasteiger partial charge >= 0.3 is 0 Å². The lowest BCUT2D eigenvalue weighted by atomic mass is 10.2. The lowest BCUT2D eigenvalue weighted by Gasteiger charge is -2.07. The third-order valence-electron chi connectivity index (χ3n) is 1.73. The number of nitro benzene ring substituents is 1. The van der Waals surface area contributed by atoms with Gasteiger partial charge in [0, 0.05) is 17.7 Å². The molecule has 0 aliphatic heterocycles. The molecule has 0 heterocycles. The number of rotatable bonds is 4. The predicted molar refractivity (Wildman–Crippen MR) is 50.2 cm³/mol. The van der Waals surface area contributed by atoms with Crippen LogP contribution in [0.1, 0.15) is 12.5 Å². The highest BCUT2D eigenvalue weighted by Gasteiger charge is 2.10. The largest absolute Gasteiger partial charge is 0.493 e. The van der Waals surface area contributed by atoms with Crippen molar-refractivity contribution in [1.29, 1.82) is 0 Å². The maximum atomic E-state index is 10.4. The van der Waals surface area contributed by atoms with Crippen LogP contribution in [-0.2, 0) is 6.61 Å². The molecule has 0 aromatic heterocycles. The smallest absolute Gasteiger partial charge is 0.270 e. The van der Waals surface area contributed by atoms with E-state index in [-0.39, 0.29) is 12.3 Å². The molecular formula is C9H11NO4. The second-order valence-corrected chi connectivity index (χ2v) is 2.64. The van der Waals surface area contributed by atoms with Gasteiger partial charge in [0.15, 0.2) is 0 Å². The summed E-state index contributed by atoms with van der Waals surface area (Å²) < 4.78 is 5.18. The van der Waals surface area contributed by atoms with Crippen molar-refractivity contribution in [2.24, 2.45) is 0 Å². The first-order valence-electron chi connectivity index (χ1n) is 4.20. The maximum Gasteiger partial charge on any atom is 0.270 e. The lowest BCUT2D eigenvalue weighted by molar-refractivity contribution is -0.385. The summed E-state index contributed by atoms with van der Waals surface area (Å²) in [5.74, 6) is 0.487. The SMILES string of the molecule is CCOc1ccc([N+](=O)[O-])cc1CO. The van der Waals surface area contributed by atoms with E-state index >= 15 is 0 Å². The third-order valence-corrected chi connectivity index (χ3v) is 1.73. The minimum absolute atomic E-state index is 0.0440. The summed E-state index contributed by atoms with van der Waals surface area (Å²) in [6, 6.07) is 4.16. The molecule has 0 radical (unpaired) electrons. The zero-order valence-corrected chi connectivity index (χ0v) is 7.77. The van der Waals surface area contributed by atoms with Gasteiger partial charge in [-0.3, -0.25) is 10.1 Å². The highest BCUT2D eigenvalue weighted by Crippen LogP contribution is 2.23. The molecule has 1 N–H and O–H groups in total. The van der Waals surface area contributed by atoms with E-state index in [1.807, 2.05) is 6.92 Å². The summed E-state index contributed by atoms with van der Waals surface area (Å²) in [4.78, 5) is 9.92. The Morgan fingerprint density at radius 3 is 2.79 bits per heavy atom. The summed E-state index contributed by atoms with van der Waals surface area (Å²) in [6.07, 6.45) is 0. The Bertz CT molecular complexity index is 338. The molecule has 1 rings (SSSR count). The van der Waals surface area contributed by atoms with Crippen LogP contribution < -0.4 is 4.74 Å². The summed E-state index contributed by atoms with van der Waals surface area (Å²) in [7, 11) is 0. The number of aliphatic hydroxyl groups excluding tert-OH is 1. The summed E-state index contributed by atoms with van der Waals surface area (Å²) >= 11 is 0. The first-order chi connectivity index (χ1) is 6.69. The number of benzene rings is 1. The van der Waals surface area contributed by atoms with Gasteiger partial charge in [-0.25, -0.2) is 0 Å². The number of nitro groups is 1. The van der Waals surface area contributed by atoms with E-state index in [0.29, 0.717) is 17.9 Å². The molecule has 0 saturated heterocycles. The molecule has 0 aliphatic carbocycles. The van der Waals surface area contributed by atoms with Gasteiger partial charge in [0.05, 0.1) is 18.1 Å².